The molecule has 2 amide bonds. The van der Waals surface area contributed by atoms with E-state index in [0.717, 1.165) is 31.9 Å². The van der Waals surface area contributed by atoms with E-state index in [1.807, 2.05) is 24.0 Å². The van der Waals surface area contributed by atoms with Gasteiger partial charge in [-0.3, -0.25) is 9.59 Å². The lowest BCUT2D eigenvalue weighted by atomic mass is 10.1. The number of primary amides is 1. The van der Waals surface area contributed by atoms with Crippen LogP contribution in [0.3, 0.4) is 0 Å². The normalized spacial score (nSPS) is 15.4. The Balaban J connectivity index is 1.97. The first-order chi connectivity index (χ1) is 9.11. The largest absolute Gasteiger partial charge is 0.368 e. The highest BCUT2D eigenvalue weighted by Gasteiger charge is 2.19. The van der Waals surface area contributed by atoms with Gasteiger partial charge in [0, 0.05) is 43.9 Å². The van der Waals surface area contributed by atoms with Gasteiger partial charge in [0.05, 0.1) is 0 Å². The van der Waals surface area contributed by atoms with Crippen molar-refractivity contribution in [1.82, 2.24) is 4.90 Å². The van der Waals surface area contributed by atoms with Crippen LogP contribution in [0.2, 0.25) is 0 Å². The molecule has 0 spiro atoms. The maximum atomic E-state index is 11.6. The van der Waals surface area contributed by atoms with Gasteiger partial charge < -0.3 is 15.5 Å². The first-order valence-corrected chi connectivity index (χ1v) is 6.54. The topological polar surface area (TPSA) is 66.6 Å². The van der Waals surface area contributed by atoms with Crippen LogP contribution in [0.1, 0.15) is 23.7 Å². The van der Waals surface area contributed by atoms with E-state index in [2.05, 4.69) is 4.90 Å². The quantitative estimate of drug-likeness (QED) is 0.877. The number of carbonyl (C=O) groups excluding carboxylic acids is 2. The van der Waals surface area contributed by atoms with Gasteiger partial charge in [0.1, 0.15) is 0 Å². The van der Waals surface area contributed by atoms with Crippen molar-refractivity contribution in [2.45, 2.75) is 13.3 Å². The summed E-state index contributed by atoms with van der Waals surface area (Å²) in [5.74, 6) is -0.200. The van der Waals surface area contributed by atoms with Crippen molar-refractivity contribution in [2.24, 2.45) is 5.73 Å². The summed E-state index contributed by atoms with van der Waals surface area (Å²) in [6.07, 6.45) is 0.563. The number of hydrogen-bond acceptors (Lipinski definition) is 3. The van der Waals surface area contributed by atoms with E-state index >= 15 is 0 Å². The highest BCUT2D eigenvalue weighted by molar-refractivity contribution is 5.93. The molecule has 2 N–H and O–H groups in total. The van der Waals surface area contributed by atoms with Crippen molar-refractivity contribution in [3.05, 3.63) is 29.8 Å². The monoisotopic (exact) mass is 261 g/mol. The van der Waals surface area contributed by atoms with Crippen LogP contribution in [0.4, 0.5) is 5.69 Å². The Bertz CT molecular complexity index is 462. The van der Waals surface area contributed by atoms with Gasteiger partial charge in [-0.25, -0.2) is 0 Å². The molecule has 2 rings (SSSR count). The lowest BCUT2D eigenvalue weighted by Crippen LogP contribution is -2.48. The van der Waals surface area contributed by atoms with E-state index in [4.69, 9.17) is 5.73 Å². The maximum absolute atomic E-state index is 11.6. The van der Waals surface area contributed by atoms with Gasteiger partial charge >= 0.3 is 0 Å². The molecule has 1 fully saturated rings. The number of benzene rings is 1. The Morgan fingerprint density at radius 2 is 1.68 bits per heavy atom. The summed E-state index contributed by atoms with van der Waals surface area (Å²) >= 11 is 0. The van der Waals surface area contributed by atoms with Crippen LogP contribution < -0.4 is 10.6 Å². The molecular weight excluding hydrogens is 242 g/mol. The van der Waals surface area contributed by atoms with Crippen LogP contribution in [0, 0.1) is 0 Å². The van der Waals surface area contributed by atoms with Crippen LogP contribution in [0.15, 0.2) is 24.3 Å². The highest BCUT2D eigenvalue weighted by atomic mass is 16.2. The minimum Gasteiger partial charge on any atom is -0.368 e. The van der Waals surface area contributed by atoms with Crippen molar-refractivity contribution in [2.75, 3.05) is 31.1 Å². The minimum atomic E-state index is -0.412. The summed E-state index contributed by atoms with van der Waals surface area (Å²) in [5, 5.41) is 0. The lowest BCUT2D eigenvalue weighted by molar-refractivity contribution is -0.131. The van der Waals surface area contributed by atoms with E-state index in [1.165, 1.54) is 0 Å². The van der Waals surface area contributed by atoms with E-state index in [0.29, 0.717) is 12.0 Å². The maximum Gasteiger partial charge on any atom is 0.248 e. The Morgan fingerprint density at radius 1 is 1.11 bits per heavy atom. The predicted octanol–water partition coefficient (Wildman–Crippen LogP) is 0.844. The van der Waals surface area contributed by atoms with Gasteiger partial charge in [-0.15, -0.1) is 0 Å². The molecule has 102 valence electrons. The number of nitrogens with zero attached hydrogens (tertiary/aromatic N) is 2. The van der Waals surface area contributed by atoms with E-state index in [9.17, 15) is 9.59 Å². The zero-order valence-electron chi connectivity index (χ0n) is 11.1. The van der Waals surface area contributed by atoms with Crippen LogP contribution in [-0.2, 0) is 4.79 Å². The number of hydrogen-bond donors (Lipinski definition) is 1. The second kappa shape index (κ2) is 5.73. The van der Waals surface area contributed by atoms with Gasteiger partial charge in [-0.1, -0.05) is 6.92 Å². The number of nitrogens with two attached hydrogens (primary N) is 1. The third-order valence-corrected chi connectivity index (χ3v) is 3.45. The highest BCUT2D eigenvalue weighted by Crippen LogP contribution is 2.17. The average molecular weight is 261 g/mol. The summed E-state index contributed by atoms with van der Waals surface area (Å²) in [5.41, 5.74) is 6.79. The van der Waals surface area contributed by atoms with E-state index in [1.54, 1.807) is 12.1 Å². The van der Waals surface area contributed by atoms with Gasteiger partial charge in [0.2, 0.25) is 11.8 Å². The molecule has 0 saturated carbocycles. The molecule has 0 atom stereocenters. The molecule has 1 heterocycles. The standard InChI is InChI=1S/C14H19N3O2/c1-2-13(18)17-9-7-16(8-10-17)12-5-3-11(4-6-12)14(15)19/h3-6H,2,7-10H2,1H3,(H2,15,19). The van der Waals surface area contributed by atoms with Crippen molar-refractivity contribution in [1.29, 1.82) is 0 Å². The van der Waals surface area contributed by atoms with Crippen LogP contribution in [0.25, 0.3) is 0 Å². The Morgan fingerprint density at radius 3 is 2.16 bits per heavy atom. The second-order valence-electron chi connectivity index (χ2n) is 4.63. The van der Waals surface area contributed by atoms with Gasteiger partial charge in [0.25, 0.3) is 0 Å². The molecule has 0 bridgehead atoms. The smallest absolute Gasteiger partial charge is 0.248 e. The molecule has 1 aliphatic rings. The number of piperazine rings is 1. The van der Waals surface area contributed by atoms with Gasteiger partial charge in [-0.2, -0.15) is 0 Å². The fraction of sp³-hybridized carbons (Fsp3) is 0.429. The molecule has 1 aromatic rings. The van der Waals surface area contributed by atoms with E-state index in [-0.39, 0.29) is 5.91 Å². The Kier molecular flexibility index (Phi) is 4.04. The molecule has 0 aliphatic carbocycles. The SMILES string of the molecule is CCC(=O)N1CCN(c2ccc(C(N)=O)cc2)CC1. The van der Waals surface area contributed by atoms with Crippen LogP contribution in [0.5, 0.6) is 0 Å². The first kappa shape index (κ1) is 13.4. The number of carbonyl (C=O) groups is 2. The third kappa shape index (κ3) is 3.05. The minimum absolute atomic E-state index is 0.212. The van der Waals surface area contributed by atoms with Gasteiger partial charge in [0.15, 0.2) is 0 Å². The molecule has 0 radical (unpaired) electrons. The van der Waals surface area contributed by atoms with Crippen molar-refractivity contribution in [3.63, 3.8) is 0 Å². The summed E-state index contributed by atoms with van der Waals surface area (Å²) in [6.45, 7) is 5.04. The summed E-state index contributed by atoms with van der Waals surface area (Å²) in [4.78, 5) is 26.7. The average Bonchev–Trinajstić information content (AvgIpc) is 2.46. The summed E-state index contributed by atoms with van der Waals surface area (Å²) < 4.78 is 0. The molecule has 1 saturated heterocycles. The number of amides is 2. The predicted molar refractivity (Wildman–Crippen MR) is 74.0 cm³/mol. The molecular formula is C14H19N3O2. The summed E-state index contributed by atoms with van der Waals surface area (Å²) in [7, 11) is 0. The van der Waals surface area contributed by atoms with Gasteiger partial charge in [-0.05, 0) is 24.3 Å². The molecule has 0 aromatic heterocycles. The van der Waals surface area contributed by atoms with Crippen molar-refractivity contribution >= 4 is 17.5 Å². The second-order valence-corrected chi connectivity index (χ2v) is 4.63. The first-order valence-electron chi connectivity index (χ1n) is 6.54. The van der Waals surface area contributed by atoms with E-state index < -0.39 is 5.91 Å². The lowest BCUT2D eigenvalue weighted by Gasteiger charge is -2.36. The van der Waals surface area contributed by atoms with Crippen LogP contribution in [-0.4, -0.2) is 42.9 Å². The number of anilines is 1. The fourth-order valence-electron chi connectivity index (χ4n) is 2.27. The molecule has 5 nitrogen and oxygen atoms in total. The zero-order valence-corrected chi connectivity index (χ0v) is 11.1. The third-order valence-electron chi connectivity index (χ3n) is 3.45. The van der Waals surface area contributed by atoms with Crippen molar-refractivity contribution in [3.8, 4) is 0 Å². The van der Waals surface area contributed by atoms with Crippen LogP contribution >= 0.6 is 0 Å². The molecule has 5 heteroatoms. The molecule has 19 heavy (non-hydrogen) atoms. The Labute approximate surface area is 113 Å². The fourth-order valence-corrected chi connectivity index (χ4v) is 2.27. The zero-order chi connectivity index (χ0) is 13.8. The van der Waals surface area contributed by atoms with Crippen molar-refractivity contribution < 1.29 is 9.59 Å². The summed E-state index contributed by atoms with van der Waals surface area (Å²) in [6, 6.07) is 7.28. The molecule has 0 unspecified atom stereocenters. The number of rotatable bonds is 3. The molecule has 1 aliphatic heterocycles. The molecule has 1 aromatic carbocycles. The Hall–Kier alpha value is -2.04.